The van der Waals surface area contributed by atoms with Crippen molar-refractivity contribution in [2.45, 2.75) is 19.6 Å². The van der Waals surface area contributed by atoms with Crippen LogP contribution in [0.2, 0.25) is 5.02 Å². The van der Waals surface area contributed by atoms with E-state index in [0.717, 1.165) is 37.6 Å². The number of hydrogen-bond donors (Lipinski definition) is 1. The Morgan fingerprint density at radius 3 is 2.43 bits per heavy atom. The molecule has 0 bridgehead atoms. The highest BCUT2D eigenvalue weighted by atomic mass is 35.5. The van der Waals surface area contributed by atoms with Crippen molar-refractivity contribution in [3.63, 3.8) is 0 Å². The van der Waals surface area contributed by atoms with Crippen molar-refractivity contribution in [1.82, 2.24) is 19.9 Å². The van der Waals surface area contributed by atoms with Crippen LogP contribution in [0.4, 0.5) is 0 Å². The molecule has 1 aromatic heterocycles. The van der Waals surface area contributed by atoms with Gasteiger partial charge in [-0.15, -0.1) is 0 Å². The molecule has 1 fully saturated rings. The Labute approximate surface area is 140 Å². The molecule has 1 aromatic carbocycles. The number of aryl methyl sites for hydroxylation is 1. The van der Waals surface area contributed by atoms with E-state index in [1.165, 1.54) is 0 Å². The molecule has 0 spiro atoms. The fourth-order valence-corrected chi connectivity index (χ4v) is 2.90. The van der Waals surface area contributed by atoms with E-state index >= 15 is 0 Å². The number of aromatic nitrogens is 2. The number of β-amino-alcohol motifs (C(OH)–C–C–N with tert-alkyl or cyclic N) is 1. The first-order chi connectivity index (χ1) is 11.1. The van der Waals surface area contributed by atoms with Crippen molar-refractivity contribution >= 4 is 11.6 Å². The molecule has 23 heavy (non-hydrogen) atoms. The average Bonchev–Trinajstić information content (AvgIpc) is 2.95. The summed E-state index contributed by atoms with van der Waals surface area (Å²) in [6.45, 7) is 6.85. The molecule has 2 heterocycles. The predicted molar refractivity (Wildman–Crippen MR) is 87.2 cm³/mol. The van der Waals surface area contributed by atoms with Crippen LogP contribution in [0.1, 0.15) is 23.4 Å². The molecular weight excluding hydrogens is 316 g/mol. The smallest absolute Gasteiger partial charge is 0.223 e. The second-order valence-electron chi connectivity index (χ2n) is 5.87. The quantitative estimate of drug-likeness (QED) is 0.899. The Bertz CT molecular complexity index is 623. The Kier molecular flexibility index (Phi) is 5.27. The van der Waals surface area contributed by atoms with Gasteiger partial charge in [-0.05, 0) is 17.7 Å². The zero-order valence-corrected chi connectivity index (χ0v) is 13.9. The van der Waals surface area contributed by atoms with E-state index in [1.54, 1.807) is 6.92 Å². The van der Waals surface area contributed by atoms with Crippen LogP contribution in [0.5, 0.6) is 0 Å². The molecule has 3 rings (SSSR count). The number of nitrogens with zero attached hydrogens (tertiary/aromatic N) is 4. The van der Waals surface area contributed by atoms with Gasteiger partial charge in [0.2, 0.25) is 5.89 Å². The number of aliphatic hydroxyl groups is 1. The third-order valence-electron chi connectivity index (χ3n) is 4.09. The minimum absolute atomic E-state index is 0.487. The third kappa shape index (κ3) is 4.51. The molecule has 124 valence electrons. The normalized spacial score (nSPS) is 18.2. The fourth-order valence-electron chi connectivity index (χ4n) is 2.77. The summed E-state index contributed by atoms with van der Waals surface area (Å²) in [4.78, 5) is 8.81. The molecule has 0 radical (unpaired) electrons. The summed E-state index contributed by atoms with van der Waals surface area (Å²) < 4.78 is 5.00. The number of rotatable bonds is 5. The summed E-state index contributed by atoms with van der Waals surface area (Å²) in [5.74, 6) is 1.34. The number of piperazine rings is 1. The van der Waals surface area contributed by atoms with Crippen molar-refractivity contribution in [2.24, 2.45) is 0 Å². The third-order valence-corrected chi connectivity index (χ3v) is 4.34. The van der Waals surface area contributed by atoms with Gasteiger partial charge in [-0.1, -0.05) is 28.9 Å². The van der Waals surface area contributed by atoms with Crippen molar-refractivity contribution in [1.29, 1.82) is 0 Å². The summed E-state index contributed by atoms with van der Waals surface area (Å²) in [5.41, 5.74) is 0.902. The monoisotopic (exact) mass is 336 g/mol. The summed E-state index contributed by atoms with van der Waals surface area (Å²) in [5, 5.41) is 15.0. The maximum atomic E-state index is 10.3. The van der Waals surface area contributed by atoms with Gasteiger partial charge in [-0.3, -0.25) is 9.80 Å². The maximum Gasteiger partial charge on any atom is 0.223 e. The van der Waals surface area contributed by atoms with Crippen LogP contribution in [0, 0.1) is 6.92 Å². The van der Waals surface area contributed by atoms with Gasteiger partial charge in [0.1, 0.15) is 0 Å². The Morgan fingerprint density at radius 2 is 1.83 bits per heavy atom. The van der Waals surface area contributed by atoms with Gasteiger partial charge in [0.05, 0.1) is 12.6 Å². The molecule has 6 nitrogen and oxygen atoms in total. The summed E-state index contributed by atoms with van der Waals surface area (Å²) in [6, 6.07) is 7.37. The van der Waals surface area contributed by atoms with E-state index < -0.39 is 6.10 Å². The highest BCUT2D eigenvalue weighted by molar-refractivity contribution is 6.30. The summed E-state index contributed by atoms with van der Waals surface area (Å²) in [6.07, 6.45) is -0.487. The Morgan fingerprint density at radius 1 is 1.17 bits per heavy atom. The molecule has 0 saturated carbocycles. The van der Waals surface area contributed by atoms with Crippen LogP contribution in [-0.2, 0) is 6.54 Å². The molecule has 1 aliphatic rings. The number of hydrogen-bond acceptors (Lipinski definition) is 6. The molecule has 1 atom stereocenters. The first-order valence-electron chi connectivity index (χ1n) is 7.77. The Hall–Kier alpha value is -1.47. The van der Waals surface area contributed by atoms with E-state index in [9.17, 15) is 5.11 Å². The van der Waals surface area contributed by atoms with Gasteiger partial charge in [0.15, 0.2) is 5.82 Å². The van der Waals surface area contributed by atoms with E-state index in [0.29, 0.717) is 24.0 Å². The minimum atomic E-state index is -0.487. The molecule has 0 aliphatic carbocycles. The predicted octanol–water partition coefficient (Wildman–Crippen LogP) is 1.88. The van der Waals surface area contributed by atoms with E-state index in [4.69, 9.17) is 16.1 Å². The second-order valence-corrected chi connectivity index (χ2v) is 6.31. The summed E-state index contributed by atoms with van der Waals surface area (Å²) in [7, 11) is 0. The lowest BCUT2D eigenvalue weighted by molar-refractivity contribution is 0.0690. The molecular formula is C16H21ClN4O2. The van der Waals surface area contributed by atoms with Gasteiger partial charge >= 0.3 is 0 Å². The van der Waals surface area contributed by atoms with E-state index in [2.05, 4.69) is 19.9 Å². The van der Waals surface area contributed by atoms with Crippen LogP contribution in [-0.4, -0.2) is 57.8 Å². The number of aliphatic hydroxyl groups excluding tert-OH is 1. The lowest BCUT2D eigenvalue weighted by Crippen LogP contribution is -2.47. The van der Waals surface area contributed by atoms with Gasteiger partial charge < -0.3 is 9.63 Å². The average molecular weight is 337 g/mol. The van der Waals surface area contributed by atoms with Gasteiger partial charge in [0.25, 0.3) is 0 Å². The van der Waals surface area contributed by atoms with Gasteiger partial charge in [-0.2, -0.15) is 4.98 Å². The summed E-state index contributed by atoms with van der Waals surface area (Å²) >= 11 is 5.88. The van der Waals surface area contributed by atoms with Gasteiger partial charge in [0, 0.05) is 44.7 Å². The molecule has 1 unspecified atom stereocenters. The van der Waals surface area contributed by atoms with Crippen molar-refractivity contribution in [3.8, 4) is 0 Å². The number of benzene rings is 1. The molecule has 2 aromatic rings. The largest absolute Gasteiger partial charge is 0.387 e. The van der Waals surface area contributed by atoms with Crippen LogP contribution < -0.4 is 0 Å². The molecule has 1 aliphatic heterocycles. The van der Waals surface area contributed by atoms with Crippen LogP contribution in [0.25, 0.3) is 0 Å². The molecule has 7 heteroatoms. The lowest BCUT2D eigenvalue weighted by atomic mass is 10.1. The SMILES string of the molecule is Cc1nc(CN2CCN(CC(O)c3ccc(Cl)cc3)CC2)no1. The van der Waals surface area contributed by atoms with E-state index in [-0.39, 0.29) is 0 Å². The van der Waals surface area contributed by atoms with Crippen molar-refractivity contribution in [3.05, 3.63) is 46.6 Å². The zero-order valence-electron chi connectivity index (χ0n) is 13.2. The first kappa shape index (κ1) is 16.4. The second kappa shape index (κ2) is 7.40. The standard InChI is InChI=1S/C16H21ClN4O2/c1-12-18-16(19-23-12)11-21-8-6-20(7-9-21)10-15(22)13-2-4-14(17)5-3-13/h2-5,15,22H,6-11H2,1H3. The van der Waals surface area contributed by atoms with E-state index in [1.807, 2.05) is 24.3 Å². The van der Waals surface area contributed by atoms with Gasteiger partial charge in [-0.25, -0.2) is 0 Å². The first-order valence-corrected chi connectivity index (χ1v) is 8.15. The molecule has 1 N–H and O–H groups in total. The number of halogens is 1. The van der Waals surface area contributed by atoms with Crippen molar-refractivity contribution < 1.29 is 9.63 Å². The van der Waals surface area contributed by atoms with Crippen LogP contribution in [0.15, 0.2) is 28.8 Å². The Balaban J connectivity index is 1.46. The minimum Gasteiger partial charge on any atom is -0.387 e. The zero-order chi connectivity index (χ0) is 16.2. The van der Waals surface area contributed by atoms with Crippen LogP contribution >= 0.6 is 11.6 Å². The highest BCUT2D eigenvalue weighted by Gasteiger charge is 2.21. The maximum absolute atomic E-state index is 10.3. The highest BCUT2D eigenvalue weighted by Crippen LogP contribution is 2.18. The lowest BCUT2D eigenvalue weighted by Gasteiger charge is -2.35. The topological polar surface area (TPSA) is 65.6 Å². The molecule has 1 saturated heterocycles. The molecule has 0 amide bonds. The van der Waals surface area contributed by atoms with Crippen molar-refractivity contribution in [2.75, 3.05) is 32.7 Å². The van der Waals surface area contributed by atoms with Crippen LogP contribution in [0.3, 0.4) is 0 Å². The fraction of sp³-hybridized carbons (Fsp3) is 0.500.